The summed E-state index contributed by atoms with van der Waals surface area (Å²) in [6.07, 6.45) is -0.253. The molecule has 0 bridgehead atoms. The fraction of sp³-hybridized carbons (Fsp3) is 0.417. The number of carbonyl (C=O) groups excluding carboxylic acids is 1. The summed E-state index contributed by atoms with van der Waals surface area (Å²) in [4.78, 5) is 11.3. The fourth-order valence-corrected chi connectivity index (χ4v) is 3.64. The van der Waals surface area contributed by atoms with Gasteiger partial charge in [-0.3, -0.25) is 4.79 Å². The number of aliphatic hydroxyl groups is 1. The maximum Gasteiger partial charge on any atom is 0.252 e. The number of methoxy groups -OCH3 is 1. The lowest BCUT2D eigenvalue weighted by Crippen LogP contribution is -2.30. The van der Waals surface area contributed by atoms with Crippen LogP contribution in [-0.2, 0) is 10.0 Å². The van der Waals surface area contributed by atoms with Crippen molar-refractivity contribution in [2.75, 3.05) is 20.2 Å². The first-order valence-electron chi connectivity index (χ1n) is 6.02. The molecule has 1 fully saturated rings. The largest absolute Gasteiger partial charge is 0.496 e. The van der Waals surface area contributed by atoms with Crippen LogP contribution in [0.4, 0.5) is 0 Å². The van der Waals surface area contributed by atoms with Crippen LogP contribution < -0.4 is 10.5 Å². The number of benzene rings is 1. The molecule has 1 heterocycles. The van der Waals surface area contributed by atoms with Crippen LogP contribution in [0.5, 0.6) is 5.75 Å². The standard InChI is InChI=1S/C12H16N2O5S/c1-19-11-3-2-9(6-10(11)12(13)16)20(17,18)14-5-4-8(15)7-14/h2-3,6,8,15H,4-5,7H2,1H3,(H2,13,16)/t8-/m0/s1. The summed E-state index contributed by atoms with van der Waals surface area (Å²) in [5, 5.41) is 9.43. The molecule has 1 atom stereocenters. The number of amides is 1. The van der Waals surface area contributed by atoms with Crippen molar-refractivity contribution in [3.05, 3.63) is 23.8 Å². The summed E-state index contributed by atoms with van der Waals surface area (Å²) in [6, 6.07) is 3.94. The molecule has 8 heteroatoms. The minimum absolute atomic E-state index is 0.00770. The van der Waals surface area contributed by atoms with Crippen LogP contribution in [0.1, 0.15) is 16.8 Å². The number of sulfonamides is 1. The molecule has 110 valence electrons. The number of aliphatic hydroxyl groups excluding tert-OH is 1. The van der Waals surface area contributed by atoms with Crippen LogP contribution in [0.2, 0.25) is 0 Å². The predicted molar refractivity (Wildman–Crippen MR) is 70.9 cm³/mol. The van der Waals surface area contributed by atoms with Gasteiger partial charge < -0.3 is 15.6 Å². The van der Waals surface area contributed by atoms with E-state index in [4.69, 9.17) is 10.5 Å². The Morgan fingerprint density at radius 1 is 1.50 bits per heavy atom. The van der Waals surface area contributed by atoms with Gasteiger partial charge in [0.05, 0.1) is 23.7 Å². The lowest BCUT2D eigenvalue weighted by atomic mass is 10.2. The molecule has 0 saturated carbocycles. The second kappa shape index (κ2) is 5.39. The normalized spacial score (nSPS) is 20.0. The molecule has 2 rings (SSSR count). The van der Waals surface area contributed by atoms with Crippen LogP contribution in [0, 0.1) is 0 Å². The van der Waals surface area contributed by atoms with Gasteiger partial charge in [0.1, 0.15) is 5.75 Å². The molecule has 0 radical (unpaired) electrons. The van der Waals surface area contributed by atoms with Crippen molar-refractivity contribution < 1.29 is 23.1 Å². The molecule has 0 aromatic heterocycles. The first-order valence-corrected chi connectivity index (χ1v) is 7.46. The molecular formula is C12H16N2O5S. The number of ether oxygens (including phenoxy) is 1. The Morgan fingerprint density at radius 3 is 2.70 bits per heavy atom. The van der Waals surface area contributed by atoms with E-state index in [0.717, 1.165) is 0 Å². The number of hydrogen-bond acceptors (Lipinski definition) is 5. The number of carbonyl (C=O) groups is 1. The highest BCUT2D eigenvalue weighted by Crippen LogP contribution is 2.26. The topological polar surface area (TPSA) is 110 Å². The van der Waals surface area contributed by atoms with Gasteiger partial charge in [-0.1, -0.05) is 0 Å². The second-order valence-electron chi connectivity index (χ2n) is 4.53. The lowest BCUT2D eigenvalue weighted by Gasteiger charge is -2.16. The summed E-state index contributed by atoms with van der Waals surface area (Å²) in [5.41, 5.74) is 5.22. The smallest absolute Gasteiger partial charge is 0.252 e. The minimum atomic E-state index is -3.74. The average molecular weight is 300 g/mol. The van der Waals surface area contributed by atoms with E-state index in [0.29, 0.717) is 6.42 Å². The number of primary amides is 1. The zero-order chi connectivity index (χ0) is 14.9. The first kappa shape index (κ1) is 14.8. The van der Waals surface area contributed by atoms with Crippen LogP contribution in [0.15, 0.2) is 23.1 Å². The van der Waals surface area contributed by atoms with Crippen molar-refractivity contribution in [3.63, 3.8) is 0 Å². The van der Waals surface area contributed by atoms with E-state index in [-0.39, 0.29) is 29.3 Å². The Bertz CT molecular complexity index is 629. The van der Waals surface area contributed by atoms with Crippen molar-refractivity contribution in [1.82, 2.24) is 4.31 Å². The van der Waals surface area contributed by atoms with E-state index in [1.54, 1.807) is 0 Å². The summed E-state index contributed by atoms with van der Waals surface area (Å²) in [6.45, 7) is 0.307. The van der Waals surface area contributed by atoms with Crippen LogP contribution in [0.25, 0.3) is 0 Å². The Balaban J connectivity index is 2.42. The van der Waals surface area contributed by atoms with Crippen molar-refractivity contribution in [2.24, 2.45) is 5.73 Å². The second-order valence-corrected chi connectivity index (χ2v) is 6.47. The molecule has 1 saturated heterocycles. The van der Waals surface area contributed by atoms with Gasteiger partial charge in [0.15, 0.2) is 0 Å². The van der Waals surface area contributed by atoms with E-state index in [1.165, 1.54) is 29.6 Å². The molecule has 3 N–H and O–H groups in total. The number of nitrogens with zero attached hydrogens (tertiary/aromatic N) is 1. The molecule has 7 nitrogen and oxygen atoms in total. The maximum absolute atomic E-state index is 12.4. The molecule has 1 amide bonds. The molecule has 1 aliphatic heterocycles. The van der Waals surface area contributed by atoms with Crippen molar-refractivity contribution in [1.29, 1.82) is 0 Å². The maximum atomic E-state index is 12.4. The highest BCUT2D eigenvalue weighted by molar-refractivity contribution is 7.89. The molecule has 0 spiro atoms. The summed E-state index contributed by atoms with van der Waals surface area (Å²) in [7, 11) is -2.37. The third-order valence-corrected chi connectivity index (χ3v) is 5.06. The Kier molecular flexibility index (Phi) is 3.98. The number of β-amino-alcohol motifs (C(OH)–C–C–N with tert-alkyl or cyclic N) is 1. The lowest BCUT2D eigenvalue weighted by molar-refractivity contribution is 0.0997. The van der Waals surface area contributed by atoms with E-state index in [2.05, 4.69) is 0 Å². The highest BCUT2D eigenvalue weighted by Gasteiger charge is 2.32. The number of hydrogen-bond donors (Lipinski definition) is 2. The van der Waals surface area contributed by atoms with Crippen molar-refractivity contribution >= 4 is 15.9 Å². The summed E-state index contributed by atoms with van der Waals surface area (Å²) < 4.78 is 30.9. The van der Waals surface area contributed by atoms with Gasteiger partial charge in [0.25, 0.3) is 5.91 Å². The fourth-order valence-electron chi connectivity index (χ4n) is 2.12. The van der Waals surface area contributed by atoms with E-state index >= 15 is 0 Å². The van der Waals surface area contributed by atoms with Gasteiger partial charge >= 0.3 is 0 Å². The molecular weight excluding hydrogens is 284 g/mol. The predicted octanol–water partition coefficient (Wildman–Crippen LogP) is -0.451. The van der Waals surface area contributed by atoms with Gasteiger partial charge in [-0.05, 0) is 24.6 Å². The van der Waals surface area contributed by atoms with Gasteiger partial charge in [0, 0.05) is 13.1 Å². The SMILES string of the molecule is COc1ccc(S(=O)(=O)N2CC[C@H](O)C2)cc1C(N)=O. The van der Waals surface area contributed by atoms with Crippen LogP contribution in [-0.4, -0.2) is 50.0 Å². The molecule has 20 heavy (non-hydrogen) atoms. The van der Waals surface area contributed by atoms with E-state index < -0.39 is 22.0 Å². The Morgan fingerprint density at radius 2 is 2.20 bits per heavy atom. The summed E-state index contributed by atoms with van der Waals surface area (Å²) in [5.74, 6) is -0.543. The van der Waals surface area contributed by atoms with Gasteiger partial charge in [0.2, 0.25) is 10.0 Å². The molecule has 1 aromatic carbocycles. The molecule has 1 aromatic rings. The third kappa shape index (κ3) is 2.62. The number of nitrogens with two attached hydrogens (primary N) is 1. The quantitative estimate of drug-likeness (QED) is 0.782. The molecule has 0 unspecified atom stereocenters. The van der Waals surface area contributed by atoms with Gasteiger partial charge in [-0.25, -0.2) is 8.42 Å². The van der Waals surface area contributed by atoms with Crippen LogP contribution in [0.3, 0.4) is 0 Å². The zero-order valence-electron chi connectivity index (χ0n) is 10.9. The minimum Gasteiger partial charge on any atom is -0.496 e. The van der Waals surface area contributed by atoms with Gasteiger partial charge in [-0.15, -0.1) is 0 Å². The molecule has 1 aliphatic rings. The third-order valence-electron chi connectivity index (χ3n) is 3.20. The molecule has 0 aliphatic carbocycles. The van der Waals surface area contributed by atoms with E-state index in [1.807, 2.05) is 0 Å². The van der Waals surface area contributed by atoms with Gasteiger partial charge in [-0.2, -0.15) is 4.31 Å². The van der Waals surface area contributed by atoms with Crippen molar-refractivity contribution in [2.45, 2.75) is 17.4 Å². The van der Waals surface area contributed by atoms with E-state index in [9.17, 15) is 18.3 Å². The Hall–Kier alpha value is -1.64. The average Bonchev–Trinajstić information content (AvgIpc) is 2.85. The summed E-state index contributed by atoms with van der Waals surface area (Å²) >= 11 is 0. The first-order chi connectivity index (χ1) is 9.36. The zero-order valence-corrected chi connectivity index (χ0v) is 11.8. The van der Waals surface area contributed by atoms with Crippen LogP contribution >= 0.6 is 0 Å². The Labute approximate surface area is 117 Å². The number of rotatable bonds is 4. The highest BCUT2D eigenvalue weighted by atomic mass is 32.2. The van der Waals surface area contributed by atoms with Crippen molar-refractivity contribution in [3.8, 4) is 5.75 Å². The monoisotopic (exact) mass is 300 g/mol.